The number of fused-ring (bicyclic) bond motifs is 1. The van der Waals surface area contributed by atoms with Gasteiger partial charge in [-0.3, -0.25) is 14.4 Å². The van der Waals surface area contributed by atoms with Gasteiger partial charge < -0.3 is 19.5 Å². The molecule has 2 amide bonds. The van der Waals surface area contributed by atoms with Crippen LogP contribution < -0.4 is 14.6 Å². The van der Waals surface area contributed by atoms with E-state index < -0.39 is 5.91 Å². The first-order chi connectivity index (χ1) is 15.0. The molecule has 3 rings (SSSR count). The van der Waals surface area contributed by atoms with E-state index in [2.05, 4.69) is 9.97 Å². The van der Waals surface area contributed by atoms with Gasteiger partial charge in [0.25, 0.3) is 11.8 Å². The molecule has 0 radical (unpaired) electrons. The summed E-state index contributed by atoms with van der Waals surface area (Å²) in [5.41, 5.74) is 1.76. The van der Waals surface area contributed by atoms with E-state index >= 15 is 0 Å². The Bertz CT molecular complexity index is 1060. The van der Waals surface area contributed by atoms with E-state index in [0.717, 1.165) is 10.6 Å². The lowest BCUT2D eigenvalue weighted by molar-refractivity contribution is -0.133. The van der Waals surface area contributed by atoms with Crippen LogP contribution in [-0.4, -0.2) is 52.7 Å². The van der Waals surface area contributed by atoms with Crippen molar-refractivity contribution in [3.63, 3.8) is 0 Å². The maximum Gasteiger partial charge on any atom is 0.260 e. The van der Waals surface area contributed by atoms with Crippen LogP contribution in [0.1, 0.15) is 31.1 Å². The Morgan fingerprint density at radius 3 is 2.48 bits per heavy atom. The molecule has 1 aromatic heterocycles. The Morgan fingerprint density at radius 1 is 1.10 bits per heavy atom. The molecule has 0 spiro atoms. The van der Waals surface area contributed by atoms with Crippen LogP contribution >= 0.6 is 0 Å². The third-order valence-electron chi connectivity index (χ3n) is 4.62. The SMILES string of the molecule is CCN(CC)C(=O)COc1cc(C=O)ccc1ON(C(C)=O)c1nc2ccccc2[nH]1. The van der Waals surface area contributed by atoms with Crippen molar-refractivity contribution in [1.29, 1.82) is 0 Å². The number of hydrogen-bond acceptors (Lipinski definition) is 6. The van der Waals surface area contributed by atoms with E-state index in [4.69, 9.17) is 9.57 Å². The van der Waals surface area contributed by atoms with Crippen molar-refractivity contribution >= 4 is 35.1 Å². The van der Waals surface area contributed by atoms with Gasteiger partial charge in [-0.2, -0.15) is 0 Å². The molecule has 31 heavy (non-hydrogen) atoms. The van der Waals surface area contributed by atoms with Crippen LogP contribution in [0, 0.1) is 0 Å². The first-order valence-corrected chi connectivity index (χ1v) is 9.90. The predicted molar refractivity (Wildman–Crippen MR) is 115 cm³/mol. The number of rotatable bonds is 9. The summed E-state index contributed by atoms with van der Waals surface area (Å²) in [5, 5.41) is 0.995. The molecule has 0 aliphatic rings. The summed E-state index contributed by atoms with van der Waals surface area (Å²) in [5.74, 6) is -0.115. The number of nitrogens with one attached hydrogen (secondary N) is 1. The zero-order valence-electron chi connectivity index (χ0n) is 17.6. The molecule has 2 aromatic carbocycles. The summed E-state index contributed by atoms with van der Waals surface area (Å²) >= 11 is 0. The number of aldehydes is 1. The Labute approximate surface area is 179 Å². The molecule has 9 heteroatoms. The van der Waals surface area contributed by atoms with E-state index in [1.165, 1.54) is 25.1 Å². The lowest BCUT2D eigenvalue weighted by Crippen LogP contribution is -2.35. The van der Waals surface area contributed by atoms with Crippen LogP contribution in [0.2, 0.25) is 0 Å². The molecular formula is C22H24N4O5. The molecule has 3 aromatic rings. The van der Waals surface area contributed by atoms with Crippen LogP contribution in [-0.2, 0) is 9.59 Å². The standard InChI is InChI=1S/C22H24N4O5/c1-4-25(5-2)21(29)14-30-20-12-16(13-27)10-11-19(20)31-26(15(3)28)22-23-17-8-6-7-9-18(17)24-22/h6-13H,4-5,14H2,1-3H3,(H,23,24). The molecule has 0 aliphatic carbocycles. The lowest BCUT2D eigenvalue weighted by Gasteiger charge is -2.21. The quantitative estimate of drug-likeness (QED) is 0.418. The number of aromatic amines is 1. The van der Waals surface area contributed by atoms with E-state index in [1.54, 1.807) is 11.0 Å². The van der Waals surface area contributed by atoms with Crippen molar-refractivity contribution in [2.45, 2.75) is 20.8 Å². The first kappa shape index (κ1) is 21.8. The fourth-order valence-corrected chi connectivity index (χ4v) is 2.98. The summed E-state index contributed by atoms with van der Waals surface area (Å²) in [6, 6.07) is 11.8. The van der Waals surface area contributed by atoms with E-state index in [9.17, 15) is 14.4 Å². The Balaban J connectivity index is 1.88. The second kappa shape index (κ2) is 9.75. The minimum atomic E-state index is -0.427. The van der Waals surface area contributed by atoms with Gasteiger partial charge in [0.15, 0.2) is 18.1 Å². The number of carbonyl (C=O) groups excluding carboxylic acids is 3. The highest BCUT2D eigenvalue weighted by Crippen LogP contribution is 2.30. The van der Waals surface area contributed by atoms with Crippen molar-refractivity contribution in [2.24, 2.45) is 0 Å². The van der Waals surface area contributed by atoms with Crippen molar-refractivity contribution in [3.8, 4) is 11.5 Å². The zero-order valence-corrected chi connectivity index (χ0v) is 17.6. The zero-order chi connectivity index (χ0) is 22.4. The number of ether oxygens (including phenoxy) is 1. The van der Waals surface area contributed by atoms with Crippen LogP contribution in [0.15, 0.2) is 42.5 Å². The molecular weight excluding hydrogens is 400 g/mol. The highest BCUT2D eigenvalue weighted by molar-refractivity contribution is 5.90. The summed E-state index contributed by atoms with van der Waals surface area (Å²) in [6.07, 6.45) is 0.658. The molecule has 1 N–H and O–H groups in total. The molecule has 0 bridgehead atoms. The Kier molecular flexibility index (Phi) is 6.86. The number of benzene rings is 2. The minimum absolute atomic E-state index is 0.160. The van der Waals surface area contributed by atoms with Gasteiger partial charge in [-0.15, -0.1) is 5.06 Å². The first-order valence-electron chi connectivity index (χ1n) is 9.90. The average molecular weight is 424 g/mol. The van der Waals surface area contributed by atoms with Crippen LogP contribution in [0.25, 0.3) is 11.0 Å². The number of hydrogen-bond donors (Lipinski definition) is 1. The van der Waals surface area contributed by atoms with Crippen LogP contribution in [0.5, 0.6) is 11.5 Å². The van der Waals surface area contributed by atoms with E-state index in [0.29, 0.717) is 30.5 Å². The van der Waals surface area contributed by atoms with Gasteiger partial charge in [0.2, 0.25) is 5.95 Å². The average Bonchev–Trinajstić information content (AvgIpc) is 3.20. The van der Waals surface area contributed by atoms with Gasteiger partial charge in [0.05, 0.1) is 11.0 Å². The van der Waals surface area contributed by atoms with Gasteiger partial charge in [-0.25, -0.2) is 4.98 Å². The summed E-state index contributed by atoms with van der Waals surface area (Å²) < 4.78 is 5.66. The minimum Gasteiger partial charge on any atom is -0.480 e. The van der Waals surface area contributed by atoms with Crippen molar-refractivity contribution in [3.05, 3.63) is 48.0 Å². The van der Waals surface area contributed by atoms with Gasteiger partial charge in [0.1, 0.15) is 6.29 Å². The van der Waals surface area contributed by atoms with Crippen molar-refractivity contribution < 1.29 is 24.0 Å². The fraction of sp³-hybridized carbons (Fsp3) is 0.273. The number of likely N-dealkylation sites (N-methyl/N-ethyl adjacent to an activating group) is 1. The third kappa shape index (κ3) is 5.00. The highest BCUT2D eigenvalue weighted by atomic mass is 16.7. The fourth-order valence-electron chi connectivity index (χ4n) is 2.98. The molecule has 0 saturated carbocycles. The lowest BCUT2D eigenvalue weighted by atomic mass is 10.2. The predicted octanol–water partition coefficient (Wildman–Crippen LogP) is 2.97. The number of nitrogens with zero attached hydrogens (tertiary/aromatic N) is 3. The number of aromatic nitrogens is 2. The Morgan fingerprint density at radius 2 is 1.84 bits per heavy atom. The second-order valence-electron chi connectivity index (χ2n) is 6.66. The van der Waals surface area contributed by atoms with Gasteiger partial charge >= 0.3 is 0 Å². The Hall–Kier alpha value is -3.88. The number of imidazole rings is 1. The smallest absolute Gasteiger partial charge is 0.260 e. The third-order valence-corrected chi connectivity index (χ3v) is 4.62. The molecule has 9 nitrogen and oxygen atoms in total. The second-order valence-corrected chi connectivity index (χ2v) is 6.66. The van der Waals surface area contributed by atoms with Gasteiger partial charge in [-0.1, -0.05) is 12.1 Å². The number of H-pyrrole nitrogens is 1. The number of anilines is 1. The van der Waals surface area contributed by atoms with E-state index in [1.807, 2.05) is 32.0 Å². The normalized spacial score (nSPS) is 10.5. The molecule has 0 aliphatic heterocycles. The van der Waals surface area contributed by atoms with Crippen molar-refractivity contribution in [1.82, 2.24) is 14.9 Å². The summed E-state index contributed by atoms with van der Waals surface area (Å²) in [4.78, 5) is 50.6. The molecule has 0 saturated heterocycles. The topological polar surface area (TPSA) is 105 Å². The molecule has 0 atom stereocenters. The summed E-state index contributed by atoms with van der Waals surface area (Å²) in [7, 11) is 0. The number of para-hydroxylation sites is 2. The maximum absolute atomic E-state index is 12.3. The number of amides is 2. The van der Waals surface area contributed by atoms with Gasteiger partial charge in [0, 0.05) is 25.6 Å². The molecule has 1 heterocycles. The molecule has 0 fully saturated rings. The van der Waals surface area contributed by atoms with Gasteiger partial charge in [-0.05, 0) is 44.2 Å². The van der Waals surface area contributed by atoms with Crippen molar-refractivity contribution in [2.75, 3.05) is 24.8 Å². The van der Waals surface area contributed by atoms with Crippen LogP contribution in [0.4, 0.5) is 5.95 Å². The highest BCUT2D eigenvalue weighted by Gasteiger charge is 2.21. The van der Waals surface area contributed by atoms with Crippen LogP contribution in [0.3, 0.4) is 0 Å². The monoisotopic (exact) mass is 424 g/mol. The molecule has 162 valence electrons. The summed E-state index contributed by atoms with van der Waals surface area (Å²) in [6.45, 7) is 5.96. The number of hydroxylamine groups is 1. The maximum atomic E-state index is 12.3. The number of carbonyl (C=O) groups is 3. The largest absolute Gasteiger partial charge is 0.480 e. The van der Waals surface area contributed by atoms with E-state index in [-0.39, 0.29) is 30.0 Å². The molecule has 0 unspecified atom stereocenters.